The number of aromatic nitrogens is 2. The third-order valence-corrected chi connectivity index (χ3v) is 3.68. The Hall–Kier alpha value is -1.56. The molecule has 1 aromatic carbocycles. The van der Waals surface area contributed by atoms with Gasteiger partial charge in [0.05, 0.1) is 10.7 Å². The predicted molar refractivity (Wildman–Crippen MR) is 98.2 cm³/mol. The summed E-state index contributed by atoms with van der Waals surface area (Å²) in [5.41, 5.74) is 1.59. The van der Waals surface area contributed by atoms with Gasteiger partial charge in [-0.05, 0) is 52.2 Å². The van der Waals surface area contributed by atoms with Crippen LogP contribution in [0.4, 0.5) is 17.5 Å². The number of nitrogens with one attached hydrogen (secondary N) is 2. The van der Waals surface area contributed by atoms with Crippen molar-refractivity contribution in [2.75, 3.05) is 37.8 Å². The maximum atomic E-state index is 6.17. The van der Waals surface area contributed by atoms with E-state index in [9.17, 15) is 0 Å². The van der Waals surface area contributed by atoms with E-state index in [0.717, 1.165) is 30.9 Å². The van der Waals surface area contributed by atoms with Crippen LogP contribution in [0.15, 0.2) is 24.3 Å². The molecule has 5 nitrogen and oxygen atoms in total. The fourth-order valence-corrected chi connectivity index (χ4v) is 2.38. The lowest BCUT2D eigenvalue weighted by atomic mass is 10.3. The normalized spacial score (nSPS) is 10.9. The maximum Gasteiger partial charge on any atom is 0.224 e. The minimum absolute atomic E-state index is 0.589. The second kappa shape index (κ2) is 8.34. The summed E-state index contributed by atoms with van der Waals surface area (Å²) in [6, 6.07) is 7.13. The van der Waals surface area contributed by atoms with Crippen molar-refractivity contribution in [3.05, 3.63) is 40.0 Å². The topological polar surface area (TPSA) is 53.1 Å². The molecule has 0 saturated carbocycles. The van der Waals surface area contributed by atoms with Crippen molar-refractivity contribution in [2.45, 2.75) is 13.3 Å². The summed E-state index contributed by atoms with van der Waals surface area (Å²) in [4.78, 5) is 11.0. The van der Waals surface area contributed by atoms with Crippen LogP contribution in [0, 0.1) is 6.92 Å². The molecule has 0 amide bonds. The second-order valence-corrected chi connectivity index (χ2v) is 6.39. The lowest BCUT2D eigenvalue weighted by Crippen LogP contribution is -2.17. The number of hydrogen-bond donors (Lipinski definition) is 2. The Kier molecular flexibility index (Phi) is 6.45. The molecule has 2 rings (SSSR count). The van der Waals surface area contributed by atoms with Gasteiger partial charge in [-0.15, -0.1) is 0 Å². The largest absolute Gasteiger partial charge is 0.354 e. The molecule has 2 aromatic rings. The van der Waals surface area contributed by atoms with Crippen LogP contribution in [0.5, 0.6) is 0 Å². The molecule has 2 N–H and O–H groups in total. The molecule has 0 aliphatic carbocycles. The first-order chi connectivity index (χ1) is 10.9. The zero-order chi connectivity index (χ0) is 16.8. The molecular formula is C16H21Cl2N5. The Labute approximate surface area is 147 Å². The number of aryl methyl sites for hydroxylation is 1. The van der Waals surface area contributed by atoms with E-state index in [1.165, 1.54) is 0 Å². The first-order valence-electron chi connectivity index (χ1n) is 7.40. The summed E-state index contributed by atoms with van der Waals surface area (Å²) >= 11 is 12.2. The lowest BCUT2D eigenvalue weighted by Gasteiger charge is -2.12. The van der Waals surface area contributed by atoms with E-state index in [2.05, 4.69) is 39.6 Å². The number of anilines is 3. The summed E-state index contributed by atoms with van der Waals surface area (Å²) in [6.07, 6.45) is 1.02. The zero-order valence-electron chi connectivity index (χ0n) is 13.5. The first kappa shape index (κ1) is 17.8. The van der Waals surface area contributed by atoms with Gasteiger partial charge in [-0.2, -0.15) is 4.98 Å². The molecule has 124 valence electrons. The predicted octanol–water partition coefficient (Wildman–Crippen LogP) is 4.20. The molecule has 0 saturated heterocycles. The molecule has 1 aromatic heterocycles. The molecule has 0 atom stereocenters. The Morgan fingerprint density at radius 2 is 1.91 bits per heavy atom. The molecule has 23 heavy (non-hydrogen) atoms. The van der Waals surface area contributed by atoms with Gasteiger partial charge >= 0.3 is 0 Å². The van der Waals surface area contributed by atoms with Crippen molar-refractivity contribution in [3.8, 4) is 0 Å². The Morgan fingerprint density at radius 3 is 2.65 bits per heavy atom. The number of halogens is 2. The van der Waals surface area contributed by atoms with E-state index in [-0.39, 0.29) is 0 Å². The lowest BCUT2D eigenvalue weighted by molar-refractivity contribution is 0.405. The Morgan fingerprint density at radius 1 is 1.13 bits per heavy atom. The van der Waals surface area contributed by atoms with Gasteiger partial charge < -0.3 is 15.5 Å². The van der Waals surface area contributed by atoms with E-state index in [1.807, 2.05) is 13.0 Å². The molecule has 0 aliphatic heterocycles. The van der Waals surface area contributed by atoms with E-state index in [1.54, 1.807) is 18.2 Å². The molecule has 0 fully saturated rings. The van der Waals surface area contributed by atoms with E-state index >= 15 is 0 Å². The minimum Gasteiger partial charge on any atom is -0.354 e. The van der Waals surface area contributed by atoms with Crippen LogP contribution >= 0.6 is 23.2 Å². The molecule has 0 unspecified atom stereocenters. The van der Waals surface area contributed by atoms with Gasteiger partial charge in [-0.1, -0.05) is 23.2 Å². The summed E-state index contributed by atoms with van der Waals surface area (Å²) in [6.45, 7) is 3.76. The average Bonchev–Trinajstić information content (AvgIpc) is 2.47. The maximum absolute atomic E-state index is 6.17. The monoisotopic (exact) mass is 353 g/mol. The molecule has 0 aliphatic rings. The van der Waals surface area contributed by atoms with Gasteiger partial charge in [-0.25, -0.2) is 4.98 Å². The zero-order valence-corrected chi connectivity index (χ0v) is 15.0. The van der Waals surface area contributed by atoms with Crippen molar-refractivity contribution in [3.63, 3.8) is 0 Å². The summed E-state index contributed by atoms with van der Waals surface area (Å²) in [5.74, 6) is 1.28. The minimum atomic E-state index is 0.589. The van der Waals surface area contributed by atoms with E-state index < -0.39 is 0 Å². The average molecular weight is 354 g/mol. The fourth-order valence-electron chi connectivity index (χ4n) is 2.04. The highest BCUT2D eigenvalue weighted by atomic mass is 35.5. The van der Waals surface area contributed by atoms with E-state index in [4.69, 9.17) is 23.2 Å². The van der Waals surface area contributed by atoms with Gasteiger partial charge in [0.25, 0.3) is 0 Å². The Bertz CT molecular complexity index is 661. The van der Waals surface area contributed by atoms with Gasteiger partial charge in [0, 0.05) is 23.3 Å². The van der Waals surface area contributed by atoms with Crippen LogP contribution in [0.25, 0.3) is 0 Å². The van der Waals surface area contributed by atoms with Crippen molar-refractivity contribution in [1.82, 2.24) is 14.9 Å². The smallest absolute Gasteiger partial charge is 0.224 e. The van der Waals surface area contributed by atoms with Crippen molar-refractivity contribution < 1.29 is 0 Å². The number of hydrogen-bond acceptors (Lipinski definition) is 5. The quantitative estimate of drug-likeness (QED) is 0.730. The van der Waals surface area contributed by atoms with E-state index in [0.29, 0.717) is 21.8 Å². The highest BCUT2D eigenvalue weighted by molar-refractivity contribution is 6.35. The molecule has 0 radical (unpaired) electrons. The second-order valence-electron chi connectivity index (χ2n) is 5.55. The third-order valence-electron chi connectivity index (χ3n) is 3.11. The van der Waals surface area contributed by atoms with Gasteiger partial charge in [0.1, 0.15) is 5.82 Å². The van der Waals surface area contributed by atoms with Crippen LogP contribution < -0.4 is 10.6 Å². The molecular weight excluding hydrogens is 333 g/mol. The van der Waals surface area contributed by atoms with Crippen LogP contribution in [-0.2, 0) is 0 Å². The van der Waals surface area contributed by atoms with Gasteiger partial charge in [0.15, 0.2) is 0 Å². The SMILES string of the molecule is Cc1cc(Nc2cc(Cl)ccc2Cl)nc(NCCCN(C)C)n1. The standard InChI is InChI=1S/C16H21Cl2N5/c1-11-9-15(21-14-10-12(17)5-6-13(14)18)22-16(20-11)19-7-4-8-23(2)3/h5-6,9-10H,4,7-8H2,1-3H3,(H2,19,20,21,22). The van der Waals surface area contributed by atoms with Crippen molar-refractivity contribution >= 4 is 40.7 Å². The molecule has 1 heterocycles. The van der Waals surface area contributed by atoms with Crippen LogP contribution in [0.2, 0.25) is 10.0 Å². The molecule has 7 heteroatoms. The highest BCUT2D eigenvalue weighted by Gasteiger charge is 2.06. The molecule has 0 spiro atoms. The highest BCUT2D eigenvalue weighted by Crippen LogP contribution is 2.28. The number of rotatable bonds is 7. The van der Waals surface area contributed by atoms with Crippen molar-refractivity contribution in [2.24, 2.45) is 0 Å². The van der Waals surface area contributed by atoms with Gasteiger partial charge in [0.2, 0.25) is 5.95 Å². The first-order valence-corrected chi connectivity index (χ1v) is 8.16. The fraction of sp³-hybridized carbons (Fsp3) is 0.375. The van der Waals surface area contributed by atoms with Crippen LogP contribution in [0.1, 0.15) is 12.1 Å². The third kappa shape index (κ3) is 5.86. The number of benzene rings is 1. The van der Waals surface area contributed by atoms with Gasteiger partial charge in [-0.3, -0.25) is 0 Å². The van der Waals surface area contributed by atoms with Crippen molar-refractivity contribution in [1.29, 1.82) is 0 Å². The van der Waals surface area contributed by atoms with Crippen LogP contribution in [-0.4, -0.2) is 42.1 Å². The molecule has 0 bridgehead atoms. The Balaban J connectivity index is 2.06. The number of nitrogens with zero attached hydrogens (tertiary/aromatic N) is 3. The summed E-state index contributed by atoms with van der Waals surface area (Å²) < 4.78 is 0. The van der Waals surface area contributed by atoms with Crippen LogP contribution in [0.3, 0.4) is 0 Å². The summed E-state index contributed by atoms with van der Waals surface area (Å²) in [7, 11) is 4.11. The summed E-state index contributed by atoms with van der Waals surface area (Å²) in [5, 5.41) is 7.64.